The predicted molar refractivity (Wildman–Crippen MR) is 67.7 cm³/mol. The van der Waals surface area contributed by atoms with Gasteiger partial charge >= 0.3 is 11.9 Å². The number of carboxylic acid groups (broad SMARTS) is 1. The Morgan fingerprint density at radius 2 is 1.63 bits per heavy atom. The monoisotopic (exact) mass is 268 g/mol. The minimum atomic E-state index is -1.04. The molecule has 0 aromatic heterocycles. The van der Waals surface area contributed by atoms with E-state index in [-0.39, 0.29) is 11.1 Å². The molecule has 0 saturated carbocycles. The SMILES string of the molecule is C[N+](C)(C)CCOOC(=O)c1ccc(C(=O)O)cc1. The number of quaternary nitrogens is 1. The maximum absolute atomic E-state index is 11.6. The van der Waals surface area contributed by atoms with Gasteiger partial charge in [0.15, 0.2) is 0 Å². The second-order valence-corrected chi connectivity index (χ2v) is 5.09. The highest BCUT2D eigenvalue weighted by atomic mass is 17.2. The lowest BCUT2D eigenvalue weighted by Crippen LogP contribution is -2.37. The van der Waals surface area contributed by atoms with E-state index in [1.54, 1.807) is 0 Å². The number of hydrogen-bond acceptors (Lipinski definition) is 4. The fourth-order valence-electron chi connectivity index (χ4n) is 1.20. The molecule has 1 N–H and O–H groups in total. The molecule has 19 heavy (non-hydrogen) atoms. The lowest BCUT2D eigenvalue weighted by molar-refractivity contribution is -0.871. The van der Waals surface area contributed by atoms with E-state index in [9.17, 15) is 9.59 Å². The van der Waals surface area contributed by atoms with E-state index in [4.69, 9.17) is 9.99 Å². The van der Waals surface area contributed by atoms with Crippen LogP contribution in [0.3, 0.4) is 0 Å². The van der Waals surface area contributed by atoms with Crippen molar-refractivity contribution in [2.24, 2.45) is 0 Å². The zero-order valence-corrected chi connectivity index (χ0v) is 11.3. The average Bonchev–Trinajstić information content (AvgIpc) is 2.33. The van der Waals surface area contributed by atoms with Gasteiger partial charge in [-0.15, -0.1) is 0 Å². The van der Waals surface area contributed by atoms with Crippen LogP contribution in [0.25, 0.3) is 0 Å². The maximum Gasteiger partial charge on any atom is 0.373 e. The first-order valence-corrected chi connectivity index (χ1v) is 5.77. The standard InChI is InChI=1S/C13H17NO5/c1-14(2,3)8-9-18-19-13(17)11-6-4-10(5-7-11)12(15)16/h4-7H,8-9H2,1-3H3/p+1. The van der Waals surface area contributed by atoms with Gasteiger partial charge in [0.2, 0.25) is 0 Å². The Morgan fingerprint density at radius 1 is 1.11 bits per heavy atom. The van der Waals surface area contributed by atoms with Gasteiger partial charge in [0.1, 0.15) is 13.2 Å². The molecule has 0 heterocycles. The lowest BCUT2D eigenvalue weighted by Gasteiger charge is -2.22. The van der Waals surface area contributed by atoms with Crippen LogP contribution in [0.5, 0.6) is 0 Å². The van der Waals surface area contributed by atoms with Gasteiger partial charge in [-0.25, -0.2) is 9.59 Å². The van der Waals surface area contributed by atoms with Crippen LogP contribution < -0.4 is 0 Å². The van der Waals surface area contributed by atoms with E-state index in [0.29, 0.717) is 17.6 Å². The molecule has 0 amide bonds. The van der Waals surface area contributed by atoms with Crippen molar-refractivity contribution in [3.8, 4) is 0 Å². The van der Waals surface area contributed by atoms with E-state index in [1.807, 2.05) is 21.1 Å². The summed E-state index contributed by atoms with van der Waals surface area (Å²) in [6, 6.07) is 5.44. The molecule has 0 bridgehead atoms. The Morgan fingerprint density at radius 3 is 2.11 bits per heavy atom. The quantitative estimate of drug-likeness (QED) is 0.363. The molecule has 0 fully saturated rings. The summed E-state index contributed by atoms with van der Waals surface area (Å²) in [7, 11) is 5.99. The molecule has 0 aliphatic heterocycles. The van der Waals surface area contributed by atoms with Gasteiger partial charge in [-0.3, -0.25) is 4.89 Å². The third-order valence-corrected chi connectivity index (χ3v) is 2.35. The van der Waals surface area contributed by atoms with Gasteiger partial charge in [-0.2, -0.15) is 4.89 Å². The second-order valence-electron chi connectivity index (χ2n) is 5.09. The highest BCUT2D eigenvalue weighted by Crippen LogP contribution is 2.06. The third kappa shape index (κ3) is 5.50. The fourth-order valence-corrected chi connectivity index (χ4v) is 1.20. The predicted octanol–water partition coefficient (Wildman–Crippen LogP) is 1.18. The van der Waals surface area contributed by atoms with E-state index in [1.165, 1.54) is 24.3 Å². The van der Waals surface area contributed by atoms with Crippen LogP contribution in [0.1, 0.15) is 20.7 Å². The minimum Gasteiger partial charge on any atom is -0.478 e. The lowest BCUT2D eigenvalue weighted by atomic mass is 10.1. The van der Waals surface area contributed by atoms with Crippen LogP contribution in [0.4, 0.5) is 0 Å². The number of benzene rings is 1. The fraction of sp³-hybridized carbons (Fsp3) is 0.385. The molecule has 1 aromatic rings. The summed E-state index contributed by atoms with van der Waals surface area (Å²) in [5, 5.41) is 8.72. The molecule has 0 aliphatic carbocycles. The zero-order chi connectivity index (χ0) is 14.5. The summed E-state index contributed by atoms with van der Waals surface area (Å²) in [6.45, 7) is 0.994. The normalized spacial score (nSPS) is 11.1. The zero-order valence-electron chi connectivity index (χ0n) is 11.3. The number of likely N-dealkylation sites (N-methyl/N-ethyl adjacent to an activating group) is 1. The van der Waals surface area contributed by atoms with E-state index in [0.717, 1.165) is 0 Å². The second kappa shape index (κ2) is 6.31. The van der Waals surface area contributed by atoms with Gasteiger partial charge in [0.05, 0.1) is 32.3 Å². The molecule has 0 radical (unpaired) electrons. The van der Waals surface area contributed by atoms with Gasteiger partial charge in [-0.05, 0) is 24.3 Å². The molecule has 0 spiro atoms. The van der Waals surface area contributed by atoms with E-state index in [2.05, 4.69) is 4.89 Å². The van der Waals surface area contributed by atoms with Crippen LogP contribution in [-0.4, -0.2) is 55.8 Å². The molecule has 6 nitrogen and oxygen atoms in total. The third-order valence-electron chi connectivity index (χ3n) is 2.35. The number of carboxylic acids is 1. The number of carbonyl (C=O) groups excluding carboxylic acids is 1. The number of hydrogen-bond donors (Lipinski definition) is 1. The topological polar surface area (TPSA) is 72.8 Å². The summed E-state index contributed by atoms with van der Waals surface area (Å²) < 4.78 is 0.699. The highest BCUT2D eigenvalue weighted by molar-refractivity contribution is 5.92. The Balaban J connectivity index is 2.43. The number of nitrogens with zero attached hydrogens (tertiary/aromatic N) is 1. The average molecular weight is 268 g/mol. The van der Waals surface area contributed by atoms with Crippen molar-refractivity contribution in [3.05, 3.63) is 35.4 Å². The van der Waals surface area contributed by atoms with Crippen molar-refractivity contribution in [2.75, 3.05) is 34.3 Å². The number of carbonyl (C=O) groups is 2. The molecule has 0 saturated heterocycles. The van der Waals surface area contributed by atoms with E-state index >= 15 is 0 Å². The van der Waals surface area contributed by atoms with Crippen molar-refractivity contribution in [1.29, 1.82) is 0 Å². The molecule has 1 rings (SSSR count). The summed E-state index contributed by atoms with van der Waals surface area (Å²) >= 11 is 0. The first kappa shape index (κ1) is 15.1. The molecule has 6 heteroatoms. The summed E-state index contributed by atoms with van der Waals surface area (Å²) in [6.07, 6.45) is 0. The Kier molecular flexibility index (Phi) is 5.02. The summed E-state index contributed by atoms with van der Waals surface area (Å²) in [4.78, 5) is 31.6. The Bertz CT molecular complexity index is 447. The van der Waals surface area contributed by atoms with Gasteiger partial charge in [-0.1, -0.05) is 0 Å². The van der Waals surface area contributed by atoms with Crippen molar-refractivity contribution >= 4 is 11.9 Å². The first-order chi connectivity index (χ1) is 8.79. The molecule has 104 valence electrons. The number of rotatable bonds is 6. The number of aromatic carboxylic acids is 1. The van der Waals surface area contributed by atoms with Crippen LogP contribution in [0, 0.1) is 0 Å². The van der Waals surface area contributed by atoms with Crippen LogP contribution in [0.15, 0.2) is 24.3 Å². The first-order valence-electron chi connectivity index (χ1n) is 5.77. The van der Waals surface area contributed by atoms with Crippen LogP contribution in [0.2, 0.25) is 0 Å². The largest absolute Gasteiger partial charge is 0.478 e. The molecule has 0 atom stereocenters. The molecule has 0 unspecified atom stereocenters. The van der Waals surface area contributed by atoms with E-state index < -0.39 is 11.9 Å². The Hall–Kier alpha value is -1.92. The molecular formula is C13H18NO5+. The van der Waals surface area contributed by atoms with Crippen molar-refractivity contribution in [1.82, 2.24) is 0 Å². The minimum absolute atomic E-state index is 0.113. The van der Waals surface area contributed by atoms with Gasteiger partial charge in [0.25, 0.3) is 0 Å². The van der Waals surface area contributed by atoms with Crippen molar-refractivity contribution in [3.63, 3.8) is 0 Å². The van der Waals surface area contributed by atoms with Crippen LogP contribution in [-0.2, 0) is 9.78 Å². The highest BCUT2D eigenvalue weighted by Gasteiger charge is 2.12. The maximum atomic E-state index is 11.6. The van der Waals surface area contributed by atoms with Gasteiger partial charge < -0.3 is 9.59 Å². The van der Waals surface area contributed by atoms with Crippen LogP contribution >= 0.6 is 0 Å². The van der Waals surface area contributed by atoms with Crippen molar-refractivity contribution < 1.29 is 29.0 Å². The summed E-state index contributed by atoms with van der Waals surface area (Å²) in [5.41, 5.74) is 0.359. The Labute approximate surface area is 111 Å². The smallest absolute Gasteiger partial charge is 0.373 e. The van der Waals surface area contributed by atoms with Gasteiger partial charge in [0, 0.05) is 0 Å². The molecule has 0 aliphatic rings. The van der Waals surface area contributed by atoms with Crippen molar-refractivity contribution in [2.45, 2.75) is 0 Å². The molecule has 1 aromatic carbocycles. The summed E-state index contributed by atoms with van der Waals surface area (Å²) in [5.74, 6) is -1.68. The molecular weight excluding hydrogens is 250 g/mol.